The summed E-state index contributed by atoms with van der Waals surface area (Å²) in [5.41, 5.74) is 2.40. The van der Waals surface area contributed by atoms with Crippen LogP contribution < -0.4 is 0 Å². The molecule has 4 heteroatoms. The predicted octanol–water partition coefficient (Wildman–Crippen LogP) is 2.72. The first kappa shape index (κ1) is 13.3. The van der Waals surface area contributed by atoms with E-state index in [0.717, 1.165) is 23.3 Å². The van der Waals surface area contributed by atoms with Gasteiger partial charge in [-0.2, -0.15) is 0 Å². The van der Waals surface area contributed by atoms with E-state index in [9.17, 15) is 4.79 Å². The summed E-state index contributed by atoms with van der Waals surface area (Å²) in [7, 11) is 0. The fourth-order valence-electron chi connectivity index (χ4n) is 2.06. The maximum absolute atomic E-state index is 11.6. The number of aromatic nitrogens is 2. The number of fused-ring (bicyclic) bond motifs is 1. The molecular formula is C15H18N2O2. The van der Waals surface area contributed by atoms with E-state index in [1.807, 2.05) is 35.8 Å². The number of ether oxygens (including phenoxy) is 1. The summed E-state index contributed by atoms with van der Waals surface area (Å²) in [5, 5.41) is 0. The molecule has 0 amide bonds. The average Bonchev–Trinajstić information content (AvgIpc) is 2.77. The van der Waals surface area contributed by atoms with Gasteiger partial charge in [-0.15, -0.1) is 0 Å². The summed E-state index contributed by atoms with van der Waals surface area (Å²) in [6.07, 6.45) is 0.810. The van der Waals surface area contributed by atoms with E-state index < -0.39 is 0 Å². The lowest BCUT2D eigenvalue weighted by Crippen LogP contribution is -2.13. The third kappa shape index (κ3) is 2.67. The van der Waals surface area contributed by atoms with Crippen LogP contribution in [-0.4, -0.2) is 22.1 Å². The van der Waals surface area contributed by atoms with Crippen molar-refractivity contribution in [3.05, 3.63) is 42.2 Å². The molecule has 0 radical (unpaired) electrons. The van der Waals surface area contributed by atoms with E-state index in [1.54, 1.807) is 6.92 Å². The molecule has 100 valence electrons. The normalized spacial score (nSPS) is 10.6. The lowest BCUT2D eigenvalue weighted by molar-refractivity contribution is -0.138. The Bertz CT molecular complexity index is 614. The van der Waals surface area contributed by atoms with Gasteiger partial charge in [0.1, 0.15) is 5.82 Å². The van der Waals surface area contributed by atoms with Crippen LogP contribution in [-0.2, 0) is 22.5 Å². The minimum Gasteiger partial charge on any atom is -0.463 e. The highest BCUT2D eigenvalue weighted by Gasteiger charge is 2.13. The van der Waals surface area contributed by atoms with Gasteiger partial charge in [0, 0.05) is 12.0 Å². The molecule has 0 aliphatic heterocycles. The van der Waals surface area contributed by atoms with Gasteiger partial charge >= 0.3 is 5.97 Å². The molecule has 0 atom stereocenters. The zero-order valence-corrected chi connectivity index (χ0v) is 11.3. The number of hydrogen-bond donors (Lipinski definition) is 0. The van der Waals surface area contributed by atoms with Gasteiger partial charge in [0.15, 0.2) is 0 Å². The Morgan fingerprint density at radius 1 is 1.37 bits per heavy atom. The lowest BCUT2D eigenvalue weighted by Gasteiger charge is -2.09. The van der Waals surface area contributed by atoms with Crippen LogP contribution in [0.3, 0.4) is 0 Å². The summed E-state index contributed by atoms with van der Waals surface area (Å²) in [4.78, 5) is 16.2. The second kappa shape index (κ2) is 5.69. The third-order valence-electron chi connectivity index (χ3n) is 2.96. The Balaban J connectivity index is 2.33. The van der Waals surface area contributed by atoms with Crippen LogP contribution in [0.5, 0.6) is 0 Å². The molecule has 1 aromatic carbocycles. The Hall–Kier alpha value is -2.10. The summed E-state index contributed by atoms with van der Waals surface area (Å²) in [6.45, 7) is 8.42. The van der Waals surface area contributed by atoms with Crippen molar-refractivity contribution in [1.82, 2.24) is 9.55 Å². The molecule has 4 nitrogen and oxygen atoms in total. The Labute approximate surface area is 112 Å². The number of nitrogens with zero attached hydrogens (tertiary/aromatic N) is 2. The van der Waals surface area contributed by atoms with Crippen LogP contribution in [0.4, 0.5) is 0 Å². The van der Waals surface area contributed by atoms with Crippen molar-refractivity contribution in [1.29, 1.82) is 0 Å². The first-order chi connectivity index (χ1) is 9.17. The molecular weight excluding hydrogens is 240 g/mol. The highest BCUT2D eigenvalue weighted by atomic mass is 16.5. The van der Waals surface area contributed by atoms with Gasteiger partial charge in [-0.25, -0.2) is 9.78 Å². The first-order valence-corrected chi connectivity index (χ1v) is 6.46. The van der Waals surface area contributed by atoms with Crippen LogP contribution in [0.1, 0.15) is 19.7 Å². The van der Waals surface area contributed by atoms with Crippen LogP contribution in [0, 0.1) is 0 Å². The molecule has 2 aromatic rings. The fraction of sp³-hybridized carbons (Fsp3) is 0.333. The minimum atomic E-state index is -0.345. The molecule has 19 heavy (non-hydrogen) atoms. The van der Waals surface area contributed by atoms with Crippen molar-refractivity contribution >= 4 is 17.0 Å². The van der Waals surface area contributed by atoms with Gasteiger partial charge in [-0.05, 0) is 19.1 Å². The van der Waals surface area contributed by atoms with Gasteiger partial charge < -0.3 is 9.30 Å². The van der Waals surface area contributed by atoms with Crippen LogP contribution in [0.15, 0.2) is 36.4 Å². The number of rotatable bonds is 5. The van der Waals surface area contributed by atoms with E-state index in [2.05, 4.69) is 11.6 Å². The number of benzene rings is 1. The summed E-state index contributed by atoms with van der Waals surface area (Å²) < 4.78 is 6.99. The lowest BCUT2D eigenvalue weighted by atomic mass is 10.2. The van der Waals surface area contributed by atoms with Crippen molar-refractivity contribution in [3.8, 4) is 0 Å². The second-order valence-electron chi connectivity index (χ2n) is 4.28. The predicted molar refractivity (Wildman–Crippen MR) is 74.9 cm³/mol. The van der Waals surface area contributed by atoms with Crippen molar-refractivity contribution in [2.45, 2.75) is 26.8 Å². The van der Waals surface area contributed by atoms with Gasteiger partial charge in [0.05, 0.1) is 24.2 Å². The van der Waals surface area contributed by atoms with E-state index in [-0.39, 0.29) is 5.97 Å². The van der Waals surface area contributed by atoms with E-state index in [0.29, 0.717) is 18.7 Å². The number of carbonyl (C=O) groups excluding carboxylic acids is 1. The molecule has 0 spiro atoms. The van der Waals surface area contributed by atoms with Gasteiger partial charge in [0.25, 0.3) is 0 Å². The molecule has 1 heterocycles. The molecule has 1 aromatic heterocycles. The largest absolute Gasteiger partial charge is 0.463 e. The van der Waals surface area contributed by atoms with Gasteiger partial charge in [-0.3, -0.25) is 0 Å². The Morgan fingerprint density at radius 3 is 2.79 bits per heavy atom. The van der Waals surface area contributed by atoms with Crippen molar-refractivity contribution < 1.29 is 9.53 Å². The number of imidazole rings is 1. The molecule has 2 rings (SSSR count). The monoisotopic (exact) mass is 258 g/mol. The average molecular weight is 258 g/mol. The number of esters is 1. The molecule has 0 aliphatic rings. The summed E-state index contributed by atoms with van der Waals surface area (Å²) in [5.74, 6) is 0.606. The highest BCUT2D eigenvalue weighted by Crippen LogP contribution is 2.18. The highest BCUT2D eigenvalue weighted by molar-refractivity contribution is 5.88. The summed E-state index contributed by atoms with van der Waals surface area (Å²) in [6, 6.07) is 7.89. The van der Waals surface area contributed by atoms with Crippen LogP contribution >= 0.6 is 0 Å². The maximum atomic E-state index is 11.6. The van der Waals surface area contributed by atoms with Gasteiger partial charge in [-0.1, -0.05) is 25.6 Å². The quantitative estimate of drug-likeness (QED) is 0.612. The molecule has 0 N–H and O–H groups in total. The van der Waals surface area contributed by atoms with Crippen molar-refractivity contribution in [2.75, 3.05) is 6.61 Å². The fourth-order valence-corrected chi connectivity index (χ4v) is 2.06. The number of carbonyl (C=O) groups is 1. The minimum absolute atomic E-state index is 0.345. The van der Waals surface area contributed by atoms with E-state index >= 15 is 0 Å². The number of hydrogen-bond acceptors (Lipinski definition) is 3. The Kier molecular flexibility index (Phi) is 4.00. The first-order valence-electron chi connectivity index (χ1n) is 6.46. The molecule has 0 fully saturated rings. The summed E-state index contributed by atoms with van der Waals surface area (Å²) >= 11 is 0. The SMILES string of the molecule is C=C(Cn1c(CC)nc2ccccc21)C(=O)OCC. The maximum Gasteiger partial charge on any atom is 0.335 e. The van der Waals surface area contributed by atoms with E-state index in [4.69, 9.17) is 4.74 Å². The molecule has 0 aliphatic carbocycles. The topological polar surface area (TPSA) is 44.1 Å². The van der Waals surface area contributed by atoms with Crippen LogP contribution in [0.2, 0.25) is 0 Å². The standard InChI is InChI=1S/C15H18N2O2/c1-4-14-16-12-8-6-7-9-13(12)17(14)10-11(3)15(18)19-5-2/h6-9H,3-5,10H2,1-2H3. The number of aryl methyl sites for hydroxylation is 1. The second-order valence-corrected chi connectivity index (χ2v) is 4.28. The van der Waals surface area contributed by atoms with Gasteiger partial charge in [0.2, 0.25) is 0 Å². The molecule has 0 saturated heterocycles. The van der Waals surface area contributed by atoms with Crippen LogP contribution in [0.25, 0.3) is 11.0 Å². The van der Waals surface area contributed by atoms with Crippen molar-refractivity contribution in [3.63, 3.8) is 0 Å². The zero-order valence-electron chi connectivity index (χ0n) is 11.3. The zero-order chi connectivity index (χ0) is 13.8. The van der Waals surface area contributed by atoms with E-state index in [1.165, 1.54) is 0 Å². The van der Waals surface area contributed by atoms with Crippen molar-refractivity contribution in [2.24, 2.45) is 0 Å². The third-order valence-corrected chi connectivity index (χ3v) is 2.96. The molecule has 0 saturated carbocycles. The molecule has 0 bridgehead atoms. The Morgan fingerprint density at radius 2 is 2.11 bits per heavy atom. The molecule has 0 unspecified atom stereocenters. The smallest absolute Gasteiger partial charge is 0.335 e. The number of para-hydroxylation sites is 2.